The predicted octanol–water partition coefficient (Wildman–Crippen LogP) is 7.19. The van der Waals surface area contributed by atoms with E-state index in [-0.39, 0.29) is 17.5 Å². The first-order valence-corrected chi connectivity index (χ1v) is 14.4. The van der Waals surface area contributed by atoms with E-state index in [1.165, 1.54) is 18.9 Å². The number of carbonyl (C=O) groups is 3. The van der Waals surface area contributed by atoms with Crippen molar-refractivity contribution in [2.45, 2.75) is 24.0 Å². The van der Waals surface area contributed by atoms with Gasteiger partial charge in [0, 0.05) is 21.8 Å². The minimum Gasteiger partial charge on any atom is -0.495 e. The molecule has 0 radical (unpaired) electrons. The quantitative estimate of drug-likeness (QED) is 0.132. The Hall–Kier alpha value is -4.53. The summed E-state index contributed by atoms with van der Waals surface area (Å²) in [6.07, 6.45) is 1.66. The molecule has 0 spiro atoms. The zero-order valence-corrected chi connectivity index (χ0v) is 24.9. The monoisotopic (exact) mass is 599 g/mol. The molecule has 4 aromatic rings. The standard InChI is InChI=1S/C33H30ClN3O4S/c1-21-9-7-8-12-24(21)19-29(37-32(39)23-10-5-4-6-11-23)33(40)35-25-13-16-27(17-14-25)42-22(2)31(38)36-26-15-18-30(41-3)28(34)20-26/h4-20,22H,1-3H3,(H,35,40)(H,36,38)(H,37,39)/b29-19-. The third-order valence-electron chi connectivity index (χ3n) is 6.23. The maximum Gasteiger partial charge on any atom is 0.272 e. The van der Waals surface area contributed by atoms with Crippen LogP contribution in [0.4, 0.5) is 11.4 Å². The average Bonchev–Trinajstić information content (AvgIpc) is 2.99. The first kappa shape index (κ1) is 30.4. The molecule has 42 heavy (non-hydrogen) atoms. The number of anilines is 2. The highest BCUT2D eigenvalue weighted by molar-refractivity contribution is 8.00. The molecule has 3 amide bonds. The highest BCUT2D eigenvalue weighted by atomic mass is 35.5. The predicted molar refractivity (Wildman–Crippen MR) is 170 cm³/mol. The molecule has 0 aromatic heterocycles. The Labute approximate surface area is 254 Å². The van der Waals surface area contributed by atoms with Gasteiger partial charge in [-0.25, -0.2) is 0 Å². The summed E-state index contributed by atoms with van der Waals surface area (Å²) < 4.78 is 5.15. The minimum absolute atomic E-state index is 0.112. The van der Waals surface area contributed by atoms with Crippen molar-refractivity contribution in [2.75, 3.05) is 17.7 Å². The second-order valence-electron chi connectivity index (χ2n) is 9.31. The summed E-state index contributed by atoms with van der Waals surface area (Å²) in [5, 5.41) is 8.48. The molecular formula is C33H30ClN3O4S. The third-order valence-corrected chi connectivity index (χ3v) is 7.64. The number of halogens is 1. The zero-order chi connectivity index (χ0) is 30.1. The van der Waals surface area contributed by atoms with Crippen LogP contribution in [0.15, 0.2) is 108 Å². The summed E-state index contributed by atoms with van der Waals surface area (Å²) in [6, 6.07) is 28.5. The van der Waals surface area contributed by atoms with Crippen LogP contribution in [0.3, 0.4) is 0 Å². The minimum atomic E-state index is -0.464. The van der Waals surface area contributed by atoms with Gasteiger partial charge in [0.2, 0.25) is 5.91 Å². The van der Waals surface area contributed by atoms with Crippen LogP contribution in [0.25, 0.3) is 6.08 Å². The summed E-state index contributed by atoms with van der Waals surface area (Å²) >= 11 is 7.53. The van der Waals surface area contributed by atoms with Gasteiger partial charge in [0.1, 0.15) is 11.4 Å². The lowest BCUT2D eigenvalue weighted by atomic mass is 10.1. The number of amides is 3. The van der Waals surface area contributed by atoms with Crippen LogP contribution in [-0.2, 0) is 9.59 Å². The van der Waals surface area contributed by atoms with E-state index < -0.39 is 11.2 Å². The fraction of sp³-hybridized carbons (Fsp3) is 0.121. The molecule has 0 saturated heterocycles. The van der Waals surface area contributed by atoms with Crippen LogP contribution in [-0.4, -0.2) is 30.1 Å². The van der Waals surface area contributed by atoms with Crippen LogP contribution in [0.5, 0.6) is 5.75 Å². The van der Waals surface area contributed by atoms with Crippen molar-refractivity contribution in [1.29, 1.82) is 0 Å². The summed E-state index contributed by atoms with van der Waals surface area (Å²) in [7, 11) is 1.53. The zero-order valence-electron chi connectivity index (χ0n) is 23.3. The molecule has 3 N–H and O–H groups in total. The number of ether oxygens (including phenoxy) is 1. The van der Waals surface area contributed by atoms with Gasteiger partial charge in [-0.05, 0) is 85.6 Å². The fourth-order valence-electron chi connectivity index (χ4n) is 3.91. The van der Waals surface area contributed by atoms with Gasteiger partial charge in [-0.2, -0.15) is 0 Å². The van der Waals surface area contributed by atoms with E-state index in [1.807, 2.05) is 49.4 Å². The van der Waals surface area contributed by atoms with Gasteiger partial charge in [0.15, 0.2) is 0 Å². The molecule has 4 aromatic carbocycles. The number of benzene rings is 4. The first-order chi connectivity index (χ1) is 20.2. The topological polar surface area (TPSA) is 96.5 Å². The normalized spacial score (nSPS) is 11.8. The summed E-state index contributed by atoms with van der Waals surface area (Å²) in [5.74, 6) is -0.505. The Morgan fingerprint density at radius 1 is 0.857 bits per heavy atom. The molecule has 1 unspecified atom stereocenters. The van der Waals surface area contributed by atoms with E-state index in [2.05, 4.69) is 16.0 Å². The highest BCUT2D eigenvalue weighted by Crippen LogP contribution is 2.29. The molecule has 1 atom stereocenters. The second-order valence-corrected chi connectivity index (χ2v) is 11.1. The van der Waals surface area contributed by atoms with Crippen LogP contribution in [0.2, 0.25) is 5.02 Å². The first-order valence-electron chi connectivity index (χ1n) is 13.1. The molecular weight excluding hydrogens is 570 g/mol. The molecule has 0 aliphatic rings. The van der Waals surface area contributed by atoms with Crippen molar-refractivity contribution in [2.24, 2.45) is 0 Å². The lowest BCUT2D eigenvalue weighted by Gasteiger charge is -2.14. The van der Waals surface area contributed by atoms with Gasteiger partial charge in [0.05, 0.1) is 17.4 Å². The van der Waals surface area contributed by atoms with E-state index >= 15 is 0 Å². The Kier molecular flexibility index (Phi) is 10.4. The van der Waals surface area contributed by atoms with Crippen LogP contribution in [0, 0.1) is 6.92 Å². The molecule has 0 saturated carbocycles. The van der Waals surface area contributed by atoms with Gasteiger partial charge >= 0.3 is 0 Å². The SMILES string of the molecule is COc1ccc(NC(=O)C(C)Sc2ccc(NC(=O)/C(=C/c3ccccc3C)NC(=O)c3ccccc3)cc2)cc1Cl. The number of hydrogen-bond acceptors (Lipinski definition) is 5. The summed E-state index contributed by atoms with van der Waals surface area (Å²) in [4.78, 5) is 39.8. The Balaban J connectivity index is 1.42. The summed E-state index contributed by atoms with van der Waals surface area (Å²) in [6.45, 7) is 3.74. The number of nitrogens with one attached hydrogen (secondary N) is 3. The molecule has 9 heteroatoms. The number of methoxy groups -OCH3 is 1. The Bertz CT molecular complexity index is 1610. The summed E-state index contributed by atoms with van der Waals surface area (Å²) in [5.41, 5.74) is 3.44. The molecule has 0 aliphatic heterocycles. The van der Waals surface area contributed by atoms with Crippen LogP contribution < -0.4 is 20.7 Å². The van der Waals surface area contributed by atoms with Gasteiger partial charge in [-0.1, -0.05) is 54.1 Å². The van der Waals surface area contributed by atoms with E-state index in [1.54, 1.807) is 67.6 Å². The van der Waals surface area contributed by atoms with Crippen molar-refractivity contribution in [3.63, 3.8) is 0 Å². The molecule has 0 aliphatic carbocycles. The van der Waals surface area contributed by atoms with Gasteiger partial charge < -0.3 is 20.7 Å². The Morgan fingerprint density at radius 2 is 1.52 bits per heavy atom. The van der Waals surface area contributed by atoms with Crippen molar-refractivity contribution < 1.29 is 19.1 Å². The number of rotatable bonds is 10. The van der Waals surface area contributed by atoms with Crippen LogP contribution in [0.1, 0.15) is 28.4 Å². The van der Waals surface area contributed by atoms with E-state index in [0.29, 0.717) is 27.7 Å². The van der Waals surface area contributed by atoms with Crippen molar-refractivity contribution in [3.05, 3.63) is 124 Å². The highest BCUT2D eigenvalue weighted by Gasteiger charge is 2.17. The molecule has 214 valence electrons. The van der Waals surface area contributed by atoms with Gasteiger partial charge in [-0.3, -0.25) is 14.4 Å². The van der Waals surface area contributed by atoms with Crippen molar-refractivity contribution >= 4 is 58.5 Å². The number of aryl methyl sites for hydroxylation is 1. The number of thioether (sulfide) groups is 1. The second kappa shape index (κ2) is 14.4. The molecule has 0 bridgehead atoms. The van der Waals surface area contributed by atoms with E-state index in [4.69, 9.17) is 16.3 Å². The van der Waals surface area contributed by atoms with Gasteiger partial charge in [-0.15, -0.1) is 11.8 Å². The molecule has 7 nitrogen and oxygen atoms in total. The lowest BCUT2D eigenvalue weighted by Crippen LogP contribution is -2.30. The lowest BCUT2D eigenvalue weighted by molar-refractivity contribution is -0.115. The van der Waals surface area contributed by atoms with Crippen LogP contribution >= 0.6 is 23.4 Å². The number of hydrogen-bond donors (Lipinski definition) is 3. The maximum atomic E-state index is 13.3. The van der Waals surface area contributed by atoms with Crippen molar-refractivity contribution in [1.82, 2.24) is 5.32 Å². The van der Waals surface area contributed by atoms with Gasteiger partial charge in [0.25, 0.3) is 11.8 Å². The van der Waals surface area contributed by atoms with Crippen molar-refractivity contribution in [3.8, 4) is 5.75 Å². The Morgan fingerprint density at radius 3 is 2.19 bits per heavy atom. The smallest absolute Gasteiger partial charge is 0.272 e. The molecule has 0 heterocycles. The molecule has 0 fully saturated rings. The van der Waals surface area contributed by atoms with E-state index in [9.17, 15) is 14.4 Å². The van der Waals surface area contributed by atoms with E-state index in [0.717, 1.165) is 16.0 Å². The third kappa shape index (κ3) is 8.25. The fourth-order valence-corrected chi connectivity index (χ4v) is 5.03. The maximum absolute atomic E-state index is 13.3. The average molecular weight is 600 g/mol. The number of carbonyl (C=O) groups excluding carboxylic acids is 3. The molecule has 4 rings (SSSR count). The largest absolute Gasteiger partial charge is 0.495 e.